The highest BCUT2D eigenvalue weighted by Gasteiger charge is 2.13. The van der Waals surface area contributed by atoms with Crippen molar-refractivity contribution in [1.29, 1.82) is 0 Å². The van der Waals surface area contributed by atoms with Crippen LogP contribution in [-0.4, -0.2) is 5.78 Å². The number of carbonyl (C=O) groups is 1. The van der Waals surface area contributed by atoms with Crippen LogP contribution in [0.4, 0.5) is 0 Å². The van der Waals surface area contributed by atoms with Gasteiger partial charge in [0.25, 0.3) is 0 Å². The molecule has 0 aliphatic heterocycles. The third kappa shape index (κ3) is 3.53. The standard InChI is InChI=1S/C18H22NO/c1-4-16-9-6-10-19(12-16)13-17(20)11-18-14(2)7-5-8-15(18)3/h5-10,12H,4,11,13H2,1-3H3/q+1. The lowest BCUT2D eigenvalue weighted by Crippen LogP contribution is -2.38. The molecule has 2 heteroatoms. The van der Waals surface area contributed by atoms with Gasteiger partial charge in [-0.2, -0.15) is 4.57 Å². The summed E-state index contributed by atoms with van der Waals surface area (Å²) in [5.41, 5.74) is 4.83. The Bertz CT molecular complexity index is 596. The van der Waals surface area contributed by atoms with Crippen LogP contribution >= 0.6 is 0 Å². The van der Waals surface area contributed by atoms with Gasteiger partial charge in [-0.15, -0.1) is 0 Å². The van der Waals surface area contributed by atoms with Gasteiger partial charge >= 0.3 is 0 Å². The lowest BCUT2D eigenvalue weighted by Gasteiger charge is -2.07. The van der Waals surface area contributed by atoms with Gasteiger partial charge in [-0.25, -0.2) is 0 Å². The van der Waals surface area contributed by atoms with Crippen LogP contribution in [-0.2, 0) is 24.2 Å². The van der Waals surface area contributed by atoms with Crippen molar-refractivity contribution >= 4 is 5.78 Å². The summed E-state index contributed by atoms with van der Waals surface area (Å²) < 4.78 is 1.98. The number of nitrogens with zero attached hydrogens (tertiary/aromatic N) is 1. The zero-order chi connectivity index (χ0) is 14.5. The minimum Gasteiger partial charge on any atom is -0.292 e. The number of rotatable bonds is 5. The van der Waals surface area contributed by atoms with Crippen LogP contribution in [0.25, 0.3) is 0 Å². The fourth-order valence-corrected chi connectivity index (χ4v) is 2.47. The Morgan fingerprint density at radius 1 is 1.10 bits per heavy atom. The van der Waals surface area contributed by atoms with Gasteiger partial charge in [0.2, 0.25) is 12.3 Å². The first-order valence-electron chi connectivity index (χ1n) is 7.15. The smallest absolute Gasteiger partial charge is 0.206 e. The monoisotopic (exact) mass is 268 g/mol. The molecule has 2 aromatic rings. The van der Waals surface area contributed by atoms with Crippen molar-refractivity contribution in [1.82, 2.24) is 0 Å². The highest BCUT2D eigenvalue weighted by molar-refractivity contribution is 5.80. The van der Waals surface area contributed by atoms with Gasteiger partial charge in [-0.3, -0.25) is 4.79 Å². The molecule has 0 aliphatic rings. The van der Waals surface area contributed by atoms with Crippen LogP contribution in [0.1, 0.15) is 29.2 Å². The molecule has 0 bridgehead atoms. The fraction of sp³-hybridized carbons (Fsp3) is 0.333. The molecule has 0 radical (unpaired) electrons. The van der Waals surface area contributed by atoms with Gasteiger partial charge in [0.1, 0.15) is 0 Å². The summed E-state index contributed by atoms with van der Waals surface area (Å²) in [6, 6.07) is 10.3. The summed E-state index contributed by atoms with van der Waals surface area (Å²) >= 11 is 0. The number of aromatic nitrogens is 1. The van der Waals surface area contributed by atoms with Crippen LogP contribution in [0.2, 0.25) is 0 Å². The molecular weight excluding hydrogens is 246 g/mol. The first-order valence-corrected chi connectivity index (χ1v) is 7.15. The lowest BCUT2D eigenvalue weighted by molar-refractivity contribution is -0.684. The topological polar surface area (TPSA) is 20.9 Å². The van der Waals surface area contributed by atoms with E-state index in [-0.39, 0.29) is 5.78 Å². The average molecular weight is 268 g/mol. The van der Waals surface area contributed by atoms with Gasteiger partial charge in [0.15, 0.2) is 12.4 Å². The molecule has 0 saturated carbocycles. The SMILES string of the molecule is CCc1ccc[n+](CC(=O)Cc2c(C)cccc2C)c1. The summed E-state index contributed by atoms with van der Waals surface area (Å²) in [5, 5.41) is 0. The number of hydrogen-bond acceptors (Lipinski definition) is 1. The molecule has 20 heavy (non-hydrogen) atoms. The van der Waals surface area contributed by atoms with Crippen LogP contribution in [0, 0.1) is 13.8 Å². The second-order valence-corrected chi connectivity index (χ2v) is 5.32. The first kappa shape index (κ1) is 14.4. The number of benzene rings is 1. The normalized spacial score (nSPS) is 10.6. The number of pyridine rings is 1. The number of ketones is 1. The Morgan fingerprint density at radius 2 is 1.80 bits per heavy atom. The van der Waals surface area contributed by atoms with Crippen LogP contribution in [0.15, 0.2) is 42.7 Å². The summed E-state index contributed by atoms with van der Waals surface area (Å²) in [6.07, 6.45) is 5.53. The summed E-state index contributed by atoms with van der Waals surface area (Å²) in [7, 11) is 0. The molecule has 0 unspecified atom stereocenters. The number of aryl methyl sites for hydroxylation is 3. The first-order chi connectivity index (χ1) is 9.60. The summed E-state index contributed by atoms with van der Waals surface area (Å²) in [4.78, 5) is 12.3. The number of hydrogen-bond donors (Lipinski definition) is 0. The van der Waals surface area contributed by atoms with Crippen molar-refractivity contribution < 1.29 is 9.36 Å². The Balaban J connectivity index is 2.09. The minimum absolute atomic E-state index is 0.251. The molecule has 1 aromatic heterocycles. The molecule has 2 nitrogen and oxygen atoms in total. The molecule has 0 amide bonds. The van der Waals surface area contributed by atoms with Crippen molar-refractivity contribution in [2.75, 3.05) is 0 Å². The van der Waals surface area contributed by atoms with Gasteiger partial charge < -0.3 is 0 Å². The van der Waals surface area contributed by atoms with Crippen LogP contribution in [0.3, 0.4) is 0 Å². The van der Waals surface area contributed by atoms with E-state index in [9.17, 15) is 4.79 Å². The second kappa shape index (κ2) is 6.47. The van der Waals surface area contributed by atoms with E-state index in [1.807, 2.05) is 22.9 Å². The Kier molecular flexibility index (Phi) is 4.67. The zero-order valence-corrected chi connectivity index (χ0v) is 12.5. The molecule has 1 aromatic carbocycles. The molecule has 104 valence electrons. The fourth-order valence-electron chi connectivity index (χ4n) is 2.47. The van der Waals surface area contributed by atoms with Crippen molar-refractivity contribution in [3.63, 3.8) is 0 Å². The molecule has 0 spiro atoms. The predicted molar refractivity (Wildman–Crippen MR) is 80.6 cm³/mol. The third-order valence-corrected chi connectivity index (χ3v) is 3.71. The summed E-state index contributed by atoms with van der Waals surface area (Å²) in [5.74, 6) is 0.251. The molecule has 0 atom stereocenters. The maximum Gasteiger partial charge on any atom is 0.206 e. The Labute approximate surface area is 121 Å². The minimum atomic E-state index is 0.251. The molecule has 2 rings (SSSR count). The van der Waals surface area contributed by atoms with E-state index in [1.54, 1.807) is 0 Å². The van der Waals surface area contributed by atoms with Crippen LogP contribution < -0.4 is 4.57 Å². The number of carbonyl (C=O) groups excluding carboxylic acids is 1. The highest BCUT2D eigenvalue weighted by Crippen LogP contribution is 2.14. The van der Waals surface area contributed by atoms with Crippen molar-refractivity contribution in [2.24, 2.45) is 0 Å². The maximum absolute atomic E-state index is 12.3. The summed E-state index contributed by atoms with van der Waals surface area (Å²) in [6.45, 7) is 6.71. The van der Waals surface area contributed by atoms with Crippen molar-refractivity contribution in [2.45, 2.75) is 40.2 Å². The maximum atomic E-state index is 12.3. The molecule has 0 aliphatic carbocycles. The van der Waals surface area contributed by atoms with E-state index in [0.717, 1.165) is 6.42 Å². The Morgan fingerprint density at radius 3 is 2.45 bits per heavy atom. The van der Waals surface area contributed by atoms with E-state index in [0.29, 0.717) is 13.0 Å². The van der Waals surface area contributed by atoms with Crippen molar-refractivity contribution in [3.8, 4) is 0 Å². The van der Waals surface area contributed by atoms with E-state index >= 15 is 0 Å². The van der Waals surface area contributed by atoms with E-state index < -0.39 is 0 Å². The van der Waals surface area contributed by atoms with Gasteiger partial charge in [-0.1, -0.05) is 25.1 Å². The van der Waals surface area contributed by atoms with Crippen molar-refractivity contribution in [3.05, 3.63) is 65.0 Å². The van der Waals surface area contributed by atoms with E-state index in [2.05, 4.69) is 45.2 Å². The highest BCUT2D eigenvalue weighted by atomic mass is 16.1. The largest absolute Gasteiger partial charge is 0.292 e. The molecule has 1 heterocycles. The van der Waals surface area contributed by atoms with Gasteiger partial charge in [0.05, 0.1) is 0 Å². The lowest BCUT2D eigenvalue weighted by atomic mass is 9.98. The molecule has 0 fully saturated rings. The second-order valence-electron chi connectivity index (χ2n) is 5.32. The Hall–Kier alpha value is -1.96. The molecule has 0 N–H and O–H groups in total. The molecular formula is C18H22NO+. The van der Waals surface area contributed by atoms with E-state index in [1.165, 1.54) is 22.3 Å². The number of Topliss-reactive ketones (excluding diaryl/α,β-unsaturated/α-hetero) is 1. The zero-order valence-electron chi connectivity index (χ0n) is 12.5. The average Bonchev–Trinajstić information content (AvgIpc) is 2.43. The van der Waals surface area contributed by atoms with Gasteiger partial charge in [-0.05, 0) is 43.0 Å². The van der Waals surface area contributed by atoms with Crippen LogP contribution in [0.5, 0.6) is 0 Å². The third-order valence-electron chi connectivity index (χ3n) is 3.71. The molecule has 0 saturated heterocycles. The van der Waals surface area contributed by atoms with Gasteiger partial charge in [0, 0.05) is 18.1 Å². The predicted octanol–water partition coefficient (Wildman–Crippen LogP) is 2.97. The quantitative estimate of drug-likeness (QED) is 0.764. The van der Waals surface area contributed by atoms with E-state index in [4.69, 9.17) is 0 Å².